The van der Waals surface area contributed by atoms with E-state index in [1.54, 1.807) is 0 Å². The molecule has 0 aliphatic carbocycles. The maximum atomic E-state index is 11.9. The number of hydrogen-bond donors (Lipinski definition) is 1. The fraction of sp³-hybridized carbons (Fsp3) is 0.133. The second-order valence-corrected chi connectivity index (χ2v) is 4.73. The number of ether oxygens (including phenoxy) is 2. The average molecular weight is 347 g/mol. The first-order valence-electron chi connectivity index (χ1n) is 6.90. The number of anilines is 1. The summed E-state index contributed by atoms with van der Waals surface area (Å²) in [5, 5.41) is 24.1. The van der Waals surface area contributed by atoms with Gasteiger partial charge < -0.3 is 14.8 Å². The van der Waals surface area contributed by atoms with Crippen molar-refractivity contribution in [3.8, 4) is 11.5 Å². The fourth-order valence-electron chi connectivity index (χ4n) is 1.92. The van der Waals surface area contributed by atoms with Gasteiger partial charge in [0.15, 0.2) is 6.61 Å². The van der Waals surface area contributed by atoms with Crippen LogP contribution in [0.3, 0.4) is 0 Å². The van der Waals surface area contributed by atoms with E-state index in [1.807, 2.05) is 0 Å². The van der Waals surface area contributed by atoms with Gasteiger partial charge in [-0.05, 0) is 18.2 Å². The highest BCUT2D eigenvalue weighted by molar-refractivity contribution is 5.94. The van der Waals surface area contributed by atoms with Gasteiger partial charge in [-0.25, -0.2) is 0 Å². The zero-order valence-corrected chi connectivity index (χ0v) is 13.0. The van der Waals surface area contributed by atoms with Gasteiger partial charge in [0.2, 0.25) is 0 Å². The third-order valence-electron chi connectivity index (χ3n) is 3.07. The van der Waals surface area contributed by atoms with Crippen molar-refractivity contribution >= 4 is 23.0 Å². The number of nitrogens with one attached hydrogen (secondary N) is 1. The lowest BCUT2D eigenvalue weighted by Gasteiger charge is -2.09. The molecule has 0 saturated carbocycles. The number of benzene rings is 2. The number of nitro groups is 2. The van der Waals surface area contributed by atoms with Crippen molar-refractivity contribution in [3.05, 3.63) is 62.7 Å². The van der Waals surface area contributed by atoms with Gasteiger partial charge >= 0.3 is 0 Å². The van der Waals surface area contributed by atoms with E-state index in [0.717, 1.165) is 0 Å². The Morgan fingerprint density at radius 1 is 1.08 bits per heavy atom. The van der Waals surface area contributed by atoms with E-state index in [-0.39, 0.29) is 28.6 Å². The van der Waals surface area contributed by atoms with Crippen LogP contribution in [0, 0.1) is 20.2 Å². The molecule has 2 aromatic carbocycles. The molecule has 0 fully saturated rings. The van der Waals surface area contributed by atoms with Crippen LogP contribution in [0.25, 0.3) is 0 Å². The minimum Gasteiger partial charge on any atom is -0.496 e. The van der Waals surface area contributed by atoms with E-state index in [0.29, 0.717) is 0 Å². The Labute approximate surface area is 141 Å². The highest BCUT2D eigenvalue weighted by atomic mass is 16.6. The minimum atomic E-state index is -0.653. The predicted octanol–water partition coefficient (Wildman–Crippen LogP) is 2.53. The number of carbonyl (C=O) groups excluding carboxylic acids is 1. The van der Waals surface area contributed by atoms with Crippen molar-refractivity contribution in [2.45, 2.75) is 0 Å². The smallest absolute Gasteiger partial charge is 0.296 e. The molecule has 0 bridgehead atoms. The number of hydrogen-bond acceptors (Lipinski definition) is 7. The summed E-state index contributed by atoms with van der Waals surface area (Å²) in [6, 6.07) is 9.30. The molecule has 0 radical (unpaired) electrons. The van der Waals surface area contributed by atoms with Gasteiger partial charge in [-0.1, -0.05) is 6.07 Å². The standard InChI is InChI=1S/C15H13N3O7/c1-24-11-5-6-13(14(8-11)18(22)23)16-15(19)9-25-12-4-2-3-10(7-12)17(20)21/h2-8H,9H2,1H3,(H,16,19). The first-order chi connectivity index (χ1) is 11.9. The zero-order chi connectivity index (χ0) is 18.4. The molecule has 1 N–H and O–H groups in total. The Morgan fingerprint density at radius 2 is 1.84 bits per heavy atom. The van der Waals surface area contributed by atoms with Gasteiger partial charge in [-0.2, -0.15) is 0 Å². The molecule has 0 aliphatic rings. The first kappa shape index (κ1) is 17.7. The first-order valence-corrected chi connectivity index (χ1v) is 6.90. The summed E-state index contributed by atoms with van der Waals surface area (Å²) in [4.78, 5) is 32.4. The fourth-order valence-corrected chi connectivity index (χ4v) is 1.92. The maximum Gasteiger partial charge on any atom is 0.296 e. The summed E-state index contributed by atoms with van der Waals surface area (Å²) in [5.41, 5.74) is -0.523. The zero-order valence-electron chi connectivity index (χ0n) is 13.0. The molecule has 0 spiro atoms. The molecule has 0 aromatic heterocycles. The SMILES string of the molecule is COc1ccc(NC(=O)COc2cccc([N+](=O)[O-])c2)c([N+](=O)[O-])c1. The molecule has 0 unspecified atom stereocenters. The van der Waals surface area contributed by atoms with Crippen LogP contribution in [-0.4, -0.2) is 29.5 Å². The molecular weight excluding hydrogens is 334 g/mol. The summed E-state index contributed by atoms with van der Waals surface area (Å²) in [7, 11) is 1.37. The Bertz CT molecular complexity index is 823. The monoisotopic (exact) mass is 347 g/mol. The maximum absolute atomic E-state index is 11.9. The van der Waals surface area contributed by atoms with E-state index in [9.17, 15) is 25.0 Å². The van der Waals surface area contributed by atoms with Gasteiger partial charge in [0.05, 0.1) is 29.1 Å². The Kier molecular flexibility index (Phi) is 5.46. The van der Waals surface area contributed by atoms with E-state index < -0.39 is 22.4 Å². The summed E-state index contributed by atoms with van der Waals surface area (Å²) >= 11 is 0. The Hall–Kier alpha value is -3.69. The molecule has 10 heteroatoms. The van der Waals surface area contributed by atoms with Crippen molar-refractivity contribution < 1.29 is 24.1 Å². The molecule has 2 rings (SSSR count). The molecule has 0 saturated heterocycles. The number of methoxy groups -OCH3 is 1. The summed E-state index contributed by atoms with van der Waals surface area (Å²) in [6.07, 6.45) is 0. The van der Waals surface area contributed by atoms with Crippen LogP contribution in [0.4, 0.5) is 17.1 Å². The number of rotatable bonds is 7. The van der Waals surface area contributed by atoms with Crippen molar-refractivity contribution in [1.82, 2.24) is 0 Å². The number of nitro benzene ring substituents is 2. The van der Waals surface area contributed by atoms with Gasteiger partial charge in [-0.15, -0.1) is 0 Å². The molecule has 1 amide bonds. The second kappa shape index (κ2) is 7.73. The number of amides is 1. The van der Waals surface area contributed by atoms with Gasteiger partial charge in [0.25, 0.3) is 17.3 Å². The molecule has 130 valence electrons. The van der Waals surface area contributed by atoms with Crippen LogP contribution in [-0.2, 0) is 4.79 Å². The quantitative estimate of drug-likeness (QED) is 0.600. The second-order valence-electron chi connectivity index (χ2n) is 4.73. The lowest BCUT2D eigenvalue weighted by molar-refractivity contribution is -0.385. The third-order valence-corrected chi connectivity index (χ3v) is 3.07. The topological polar surface area (TPSA) is 134 Å². The molecule has 0 heterocycles. The predicted molar refractivity (Wildman–Crippen MR) is 86.9 cm³/mol. The van der Waals surface area contributed by atoms with Crippen LogP contribution in [0.1, 0.15) is 0 Å². The van der Waals surface area contributed by atoms with Crippen molar-refractivity contribution in [2.75, 3.05) is 19.0 Å². The van der Waals surface area contributed by atoms with Crippen molar-refractivity contribution in [1.29, 1.82) is 0 Å². The van der Waals surface area contributed by atoms with E-state index >= 15 is 0 Å². The third kappa shape index (κ3) is 4.64. The largest absolute Gasteiger partial charge is 0.496 e. The summed E-state index contributed by atoms with van der Waals surface area (Å²) < 4.78 is 10.1. The average Bonchev–Trinajstić information content (AvgIpc) is 2.60. The summed E-state index contributed by atoms with van der Waals surface area (Å²) in [6.45, 7) is -0.468. The highest BCUT2D eigenvalue weighted by Gasteiger charge is 2.17. The molecule has 10 nitrogen and oxygen atoms in total. The van der Waals surface area contributed by atoms with Crippen molar-refractivity contribution in [3.63, 3.8) is 0 Å². The van der Waals surface area contributed by atoms with E-state index in [2.05, 4.69) is 5.32 Å². The number of non-ortho nitro benzene ring substituents is 1. The van der Waals surface area contributed by atoms with Gasteiger partial charge in [-0.3, -0.25) is 25.0 Å². The molecule has 0 atom stereocenters. The molecule has 25 heavy (non-hydrogen) atoms. The van der Waals surface area contributed by atoms with Crippen LogP contribution in [0.2, 0.25) is 0 Å². The van der Waals surface area contributed by atoms with Crippen LogP contribution < -0.4 is 14.8 Å². The molecule has 2 aromatic rings. The lowest BCUT2D eigenvalue weighted by atomic mass is 10.2. The summed E-state index contributed by atoms with van der Waals surface area (Å²) in [5.74, 6) is -0.245. The minimum absolute atomic E-state index is 0.0153. The van der Waals surface area contributed by atoms with Gasteiger partial charge in [0, 0.05) is 6.07 Å². The molecular formula is C15H13N3O7. The van der Waals surface area contributed by atoms with Gasteiger partial charge in [0.1, 0.15) is 17.2 Å². The number of nitrogens with zero attached hydrogens (tertiary/aromatic N) is 2. The Balaban J connectivity index is 2.04. The van der Waals surface area contributed by atoms with Crippen LogP contribution in [0.15, 0.2) is 42.5 Å². The van der Waals surface area contributed by atoms with Crippen molar-refractivity contribution in [2.24, 2.45) is 0 Å². The van der Waals surface area contributed by atoms with Crippen LogP contribution >= 0.6 is 0 Å². The van der Waals surface area contributed by atoms with E-state index in [4.69, 9.17) is 9.47 Å². The number of carbonyl (C=O) groups is 1. The lowest BCUT2D eigenvalue weighted by Crippen LogP contribution is -2.20. The highest BCUT2D eigenvalue weighted by Crippen LogP contribution is 2.29. The Morgan fingerprint density at radius 3 is 2.48 bits per heavy atom. The normalized spacial score (nSPS) is 9.96. The van der Waals surface area contributed by atoms with E-state index in [1.165, 1.54) is 49.6 Å². The molecule has 0 aliphatic heterocycles. The van der Waals surface area contributed by atoms with Crippen LogP contribution in [0.5, 0.6) is 11.5 Å².